The molecule has 2 heterocycles. The van der Waals surface area contributed by atoms with Gasteiger partial charge in [-0.05, 0) is 25.0 Å². The number of hydrogen-bond donors (Lipinski definition) is 0. The van der Waals surface area contributed by atoms with Gasteiger partial charge in [-0.25, -0.2) is 0 Å². The molecule has 27 heavy (non-hydrogen) atoms. The molecule has 0 aliphatic carbocycles. The summed E-state index contributed by atoms with van der Waals surface area (Å²) in [6, 6.07) is 14.5. The van der Waals surface area contributed by atoms with Gasteiger partial charge in [-0.1, -0.05) is 30.3 Å². The minimum atomic E-state index is -0.157. The Labute approximate surface area is 157 Å². The van der Waals surface area contributed by atoms with Gasteiger partial charge in [-0.2, -0.15) is 0 Å². The van der Waals surface area contributed by atoms with Crippen LogP contribution in [0.1, 0.15) is 23.2 Å². The van der Waals surface area contributed by atoms with Crippen molar-refractivity contribution in [3.8, 4) is 17.2 Å². The predicted octanol–water partition coefficient (Wildman–Crippen LogP) is 2.92. The van der Waals surface area contributed by atoms with E-state index in [1.165, 1.54) is 0 Å². The quantitative estimate of drug-likeness (QED) is 0.761. The third-order valence-corrected chi connectivity index (χ3v) is 4.91. The highest BCUT2D eigenvalue weighted by Gasteiger charge is 2.29. The third-order valence-electron chi connectivity index (χ3n) is 4.91. The molecule has 6 nitrogen and oxygen atoms in total. The molecule has 0 bridgehead atoms. The Kier molecular flexibility index (Phi) is 4.96. The molecule has 0 radical (unpaired) electrons. The molecule has 2 aliphatic heterocycles. The van der Waals surface area contributed by atoms with Gasteiger partial charge >= 0.3 is 0 Å². The lowest BCUT2D eigenvalue weighted by Gasteiger charge is -2.32. The number of carbonyl (C=O) groups excluding carboxylic acids is 2. The number of ketones is 1. The van der Waals surface area contributed by atoms with Crippen molar-refractivity contribution in [1.82, 2.24) is 4.90 Å². The first-order chi connectivity index (χ1) is 13.2. The Bertz CT molecular complexity index is 836. The van der Waals surface area contributed by atoms with Gasteiger partial charge in [0.15, 0.2) is 23.9 Å². The maximum atomic E-state index is 12.7. The number of nitrogens with zero attached hydrogens (tertiary/aromatic N) is 1. The van der Waals surface area contributed by atoms with E-state index in [0.717, 1.165) is 12.8 Å². The Morgan fingerprint density at radius 1 is 1.07 bits per heavy atom. The molecule has 0 spiro atoms. The Morgan fingerprint density at radius 2 is 1.89 bits per heavy atom. The SMILES string of the molecule is O=C(c1ccccc1)C1CCCN(C(=O)COc2ccc3c(c2)OCO3)C1. The second-order valence-corrected chi connectivity index (χ2v) is 6.71. The number of amides is 1. The van der Waals surface area contributed by atoms with Gasteiger partial charge in [0.05, 0.1) is 0 Å². The lowest BCUT2D eigenvalue weighted by molar-refractivity contribution is -0.134. The number of piperidine rings is 1. The first-order valence-electron chi connectivity index (χ1n) is 9.10. The second-order valence-electron chi connectivity index (χ2n) is 6.71. The number of ether oxygens (including phenoxy) is 3. The highest BCUT2D eigenvalue weighted by molar-refractivity contribution is 5.98. The van der Waals surface area contributed by atoms with Gasteiger partial charge in [0.1, 0.15) is 5.75 Å². The average Bonchev–Trinajstić information content (AvgIpc) is 3.20. The monoisotopic (exact) mass is 367 g/mol. The van der Waals surface area contributed by atoms with E-state index in [0.29, 0.717) is 35.9 Å². The van der Waals surface area contributed by atoms with E-state index in [4.69, 9.17) is 14.2 Å². The minimum absolute atomic E-state index is 0.0636. The van der Waals surface area contributed by atoms with Crippen molar-refractivity contribution in [2.45, 2.75) is 12.8 Å². The molecule has 1 fully saturated rings. The van der Waals surface area contributed by atoms with Crippen LogP contribution in [0, 0.1) is 5.92 Å². The zero-order valence-electron chi connectivity index (χ0n) is 14.9. The molecule has 0 aromatic heterocycles. The second kappa shape index (κ2) is 7.70. The van der Waals surface area contributed by atoms with Gasteiger partial charge < -0.3 is 19.1 Å². The molecule has 0 saturated carbocycles. The van der Waals surface area contributed by atoms with Crippen molar-refractivity contribution in [3.05, 3.63) is 54.1 Å². The molecule has 1 unspecified atom stereocenters. The average molecular weight is 367 g/mol. The summed E-state index contributed by atoms with van der Waals surface area (Å²) in [7, 11) is 0. The smallest absolute Gasteiger partial charge is 0.260 e. The fourth-order valence-electron chi connectivity index (χ4n) is 3.46. The van der Waals surface area contributed by atoms with Crippen molar-refractivity contribution in [1.29, 1.82) is 0 Å². The fourth-order valence-corrected chi connectivity index (χ4v) is 3.46. The summed E-state index contributed by atoms with van der Waals surface area (Å²) in [4.78, 5) is 26.9. The molecule has 2 aromatic rings. The van der Waals surface area contributed by atoms with Crippen LogP contribution in [0.4, 0.5) is 0 Å². The maximum absolute atomic E-state index is 12.7. The van der Waals surface area contributed by atoms with Crippen LogP contribution in [-0.2, 0) is 4.79 Å². The van der Waals surface area contributed by atoms with Gasteiger partial charge in [-0.15, -0.1) is 0 Å². The third kappa shape index (κ3) is 3.89. The first-order valence-corrected chi connectivity index (χ1v) is 9.10. The summed E-state index contributed by atoms with van der Waals surface area (Å²) in [5.41, 5.74) is 0.702. The van der Waals surface area contributed by atoms with Crippen molar-refractivity contribution in [3.63, 3.8) is 0 Å². The molecule has 1 saturated heterocycles. The summed E-state index contributed by atoms with van der Waals surface area (Å²) < 4.78 is 16.2. The van der Waals surface area contributed by atoms with Crippen molar-refractivity contribution in [2.24, 2.45) is 5.92 Å². The van der Waals surface area contributed by atoms with Crippen LogP contribution < -0.4 is 14.2 Å². The van der Waals surface area contributed by atoms with Crippen LogP contribution in [0.15, 0.2) is 48.5 Å². The van der Waals surface area contributed by atoms with E-state index in [-0.39, 0.29) is 31.0 Å². The molecule has 2 aromatic carbocycles. The number of Topliss-reactive ketones (excluding diaryl/α,β-unsaturated/α-hetero) is 1. The van der Waals surface area contributed by atoms with Crippen molar-refractivity contribution in [2.75, 3.05) is 26.5 Å². The number of likely N-dealkylation sites (tertiary alicyclic amines) is 1. The summed E-state index contributed by atoms with van der Waals surface area (Å²) in [6.45, 7) is 1.23. The highest BCUT2D eigenvalue weighted by atomic mass is 16.7. The molecular formula is C21H21NO5. The van der Waals surface area contributed by atoms with E-state index < -0.39 is 0 Å². The van der Waals surface area contributed by atoms with Crippen LogP contribution in [0.2, 0.25) is 0 Å². The van der Waals surface area contributed by atoms with Crippen LogP contribution in [0.3, 0.4) is 0 Å². The zero-order chi connectivity index (χ0) is 18.6. The summed E-state index contributed by atoms with van der Waals surface area (Å²) in [6.07, 6.45) is 1.62. The maximum Gasteiger partial charge on any atom is 0.260 e. The molecule has 140 valence electrons. The highest BCUT2D eigenvalue weighted by Crippen LogP contribution is 2.35. The molecular weight excluding hydrogens is 346 g/mol. The summed E-state index contributed by atoms with van der Waals surface area (Å²) in [5.74, 6) is 1.68. The van der Waals surface area contributed by atoms with Crippen LogP contribution in [0.5, 0.6) is 17.2 Å². The number of hydrogen-bond acceptors (Lipinski definition) is 5. The Balaban J connectivity index is 1.34. The van der Waals surface area contributed by atoms with Crippen LogP contribution in [-0.4, -0.2) is 43.1 Å². The summed E-state index contributed by atoms with van der Waals surface area (Å²) >= 11 is 0. The molecule has 1 amide bonds. The largest absolute Gasteiger partial charge is 0.484 e. The molecule has 4 rings (SSSR count). The van der Waals surface area contributed by atoms with E-state index in [1.807, 2.05) is 30.3 Å². The number of carbonyl (C=O) groups is 2. The van der Waals surface area contributed by atoms with Gasteiger partial charge in [-0.3, -0.25) is 9.59 Å². The lowest BCUT2D eigenvalue weighted by atomic mass is 9.90. The van der Waals surface area contributed by atoms with Crippen LogP contribution in [0.25, 0.3) is 0 Å². The number of rotatable bonds is 5. The van der Waals surface area contributed by atoms with Gasteiger partial charge in [0.25, 0.3) is 5.91 Å². The number of fused-ring (bicyclic) bond motifs is 1. The van der Waals surface area contributed by atoms with Gasteiger partial charge in [0, 0.05) is 30.6 Å². The van der Waals surface area contributed by atoms with Crippen molar-refractivity contribution >= 4 is 11.7 Å². The van der Waals surface area contributed by atoms with Crippen LogP contribution >= 0.6 is 0 Å². The van der Waals surface area contributed by atoms with E-state index in [1.54, 1.807) is 23.1 Å². The first kappa shape index (κ1) is 17.4. The summed E-state index contributed by atoms with van der Waals surface area (Å²) in [5, 5.41) is 0. The minimum Gasteiger partial charge on any atom is -0.484 e. The molecule has 6 heteroatoms. The fraction of sp³-hybridized carbons (Fsp3) is 0.333. The molecule has 0 N–H and O–H groups in total. The standard InChI is InChI=1S/C21H21NO5/c23-20(13-25-17-8-9-18-19(11-17)27-14-26-18)22-10-4-7-16(12-22)21(24)15-5-2-1-3-6-15/h1-3,5-6,8-9,11,16H,4,7,10,12-14H2. The van der Waals surface area contributed by atoms with Crippen molar-refractivity contribution < 1.29 is 23.8 Å². The molecule has 2 aliphatic rings. The molecule has 1 atom stereocenters. The number of benzene rings is 2. The van der Waals surface area contributed by atoms with E-state index >= 15 is 0 Å². The normalized spacial score (nSPS) is 18.2. The van der Waals surface area contributed by atoms with Gasteiger partial charge in [0.2, 0.25) is 6.79 Å². The Hall–Kier alpha value is -3.02. The lowest BCUT2D eigenvalue weighted by Crippen LogP contribution is -2.44. The van der Waals surface area contributed by atoms with E-state index in [9.17, 15) is 9.59 Å². The predicted molar refractivity (Wildman–Crippen MR) is 98.1 cm³/mol. The zero-order valence-corrected chi connectivity index (χ0v) is 14.9. The Morgan fingerprint density at radius 3 is 2.74 bits per heavy atom. The topological polar surface area (TPSA) is 65.1 Å². The van der Waals surface area contributed by atoms with E-state index in [2.05, 4.69) is 0 Å².